The van der Waals surface area contributed by atoms with Crippen molar-refractivity contribution >= 4 is 5.97 Å². The molecule has 0 aliphatic carbocycles. The number of pyridine rings is 1. The van der Waals surface area contributed by atoms with Crippen molar-refractivity contribution in [2.75, 3.05) is 13.1 Å². The van der Waals surface area contributed by atoms with E-state index in [2.05, 4.69) is 9.88 Å². The lowest BCUT2D eigenvalue weighted by Gasteiger charge is -2.43. The van der Waals surface area contributed by atoms with Gasteiger partial charge in [-0.05, 0) is 44.5 Å². The third kappa shape index (κ3) is 3.10. The van der Waals surface area contributed by atoms with Crippen LogP contribution in [0, 0.1) is 5.82 Å². The number of aliphatic carboxylic acids is 1. The molecule has 104 valence electrons. The zero-order valence-corrected chi connectivity index (χ0v) is 11.1. The van der Waals surface area contributed by atoms with E-state index >= 15 is 0 Å². The Morgan fingerprint density at radius 3 is 2.68 bits per heavy atom. The largest absolute Gasteiger partial charge is 0.481 e. The van der Waals surface area contributed by atoms with Crippen molar-refractivity contribution in [3.63, 3.8) is 0 Å². The minimum atomic E-state index is -0.877. The Kier molecular flexibility index (Phi) is 4.14. The summed E-state index contributed by atoms with van der Waals surface area (Å²) < 4.78 is 13.4. The number of likely N-dealkylation sites (tertiary alicyclic amines) is 1. The van der Waals surface area contributed by atoms with Gasteiger partial charge in [0.05, 0.1) is 18.2 Å². The highest BCUT2D eigenvalue weighted by molar-refractivity contribution is 5.68. The zero-order chi connectivity index (χ0) is 13.9. The van der Waals surface area contributed by atoms with Gasteiger partial charge in [0.1, 0.15) is 5.82 Å². The van der Waals surface area contributed by atoms with Gasteiger partial charge in [-0.3, -0.25) is 14.7 Å². The summed E-state index contributed by atoms with van der Waals surface area (Å²) in [5, 5.41) is 9.17. The summed E-state index contributed by atoms with van der Waals surface area (Å²) >= 11 is 0. The molecule has 2 rings (SSSR count). The standard InChI is InChI=1S/C14H19FN2O2/c1-14(8-13(18)19,17-5-3-2-4-6-17)11-7-12(15)10-16-9-11/h7,9-10H,2-6,8H2,1H3,(H,18,19). The first-order chi connectivity index (χ1) is 9.02. The van der Waals surface area contributed by atoms with Crippen molar-refractivity contribution < 1.29 is 14.3 Å². The van der Waals surface area contributed by atoms with Gasteiger partial charge in [-0.25, -0.2) is 4.39 Å². The lowest BCUT2D eigenvalue weighted by molar-refractivity contribution is -0.140. The van der Waals surface area contributed by atoms with E-state index in [1.165, 1.54) is 12.5 Å². The molecule has 0 spiro atoms. The summed E-state index contributed by atoms with van der Waals surface area (Å²) in [5.74, 6) is -1.30. The van der Waals surface area contributed by atoms with Crippen LogP contribution >= 0.6 is 0 Å². The van der Waals surface area contributed by atoms with E-state index in [4.69, 9.17) is 5.11 Å². The van der Waals surface area contributed by atoms with Crippen LogP contribution in [0.1, 0.15) is 38.2 Å². The van der Waals surface area contributed by atoms with Gasteiger partial charge in [-0.2, -0.15) is 0 Å². The maximum Gasteiger partial charge on any atom is 0.305 e. The number of carboxylic acids is 1. The summed E-state index contributed by atoms with van der Waals surface area (Å²) in [6, 6.07) is 1.39. The number of carboxylic acid groups (broad SMARTS) is 1. The topological polar surface area (TPSA) is 53.4 Å². The Labute approximate surface area is 112 Å². The quantitative estimate of drug-likeness (QED) is 0.909. The second-order valence-corrected chi connectivity index (χ2v) is 5.28. The second kappa shape index (κ2) is 5.65. The van der Waals surface area contributed by atoms with E-state index in [1.54, 1.807) is 6.20 Å². The number of hydrogen-bond acceptors (Lipinski definition) is 3. The van der Waals surface area contributed by atoms with Gasteiger partial charge in [0, 0.05) is 6.20 Å². The van der Waals surface area contributed by atoms with Crippen LogP contribution in [-0.2, 0) is 10.3 Å². The molecule has 19 heavy (non-hydrogen) atoms. The van der Waals surface area contributed by atoms with Crippen LogP contribution in [-0.4, -0.2) is 34.0 Å². The van der Waals surface area contributed by atoms with Crippen molar-refractivity contribution in [1.29, 1.82) is 0 Å². The van der Waals surface area contributed by atoms with E-state index in [9.17, 15) is 9.18 Å². The Bertz CT molecular complexity index is 461. The predicted octanol–water partition coefficient (Wildman–Crippen LogP) is 2.40. The highest BCUT2D eigenvalue weighted by atomic mass is 19.1. The molecule has 1 saturated heterocycles. The van der Waals surface area contributed by atoms with Gasteiger partial charge in [0.2, 0.25) is 0 Å². The molecule has 2 heterocycles. The van der Waals surface area contributed by atoms with Gasteiger partial charge < -0.3 is 5.11 Å². The highest BCUT2D eigenvalue weighted by Gasteiger charge is 2.37. The van der Waals surface area contributed by atoms with E-state index < -0.39 is 17.3 Å². The molecule has 1 unspecified atom stereocenters. The molecule has 0 saturated carbocycles. The fourth-order valence-electron chi connectivity index (χ4n) is 2.78. The summed E-state index contributed by atoms with van der Waals surface area (Å²) in [7, 11) is 0. The molecular weight excluding hydrogens is 247 g/mol. The number of hydrogen-bond donors (Lipinski definition) is 1. The fraction of sp³-hybridized carbons (Fsp3) is 0.571. The van der Waals surface area contributed by atoms with Crippen LogP contribution in [0.25, 0.3) is 0 Å². The van der Waals surface area contributed by atoms with Gasteiger partial charge in [-0.15, -0.1) is 0 Å². The fourth-order valence-corrected chi connectivity index (χ4v) is 2.78. The van der Waals surface area contributed by atoms with Crippen molar-refractivity contribution in [2.45, 2.75) is 38.1 Å². The molecule has 1 aliphatic rings. The summed E-state index contributed by atoms with van der Waals surface area (Å²) in [5.41, 5.74) is -0.0572. The number of carbonyl (C=O) groups is 1. The van der Waals surface area contributed by atoms with Gasteiger partial charge in [-0.1, -0.05) is 6.42 Å². The van der Waals surface area contributed by atoms with Gasteiger partial charge in [0.15, 0.2) is 0 Å². The van der Waals surface area contributed by atoms with Crippen LogP contribution in [0.15, 0.2) is 18.5 Å². The molecule has 0 amide bonds. The number of nitrogens with zero attached hydrogens (tertiary/aromatic N) is 2. The van der Waals surface area contributed by atoms with Crippen molar-refractivity contribution in [2.24, 2.45) is 0 Å². The molecule has 5 heteroatoms. The molecule has 1 N–H and O–H groups in total. The first-order valence-corrected chi connectivity index (χ1v) is 6.60. The van der Waals surface area contributed by atoms with Crippen LogP contribution in [0.5, 0.6) is 0 Å². The minimum absolute atomic E-state index is 0.0435. The van der Waals surface area contributed by atoms with Crippen molar-refractivity contribution in [3.8, 4) is 0 Å². The number of piperidine rings is 1. The number of aromatic nitrogens is 1. The van der Waals surface area contributed by atoms with Crippen molar-refractivity contribution in [3.05, 3.63) is 29.8 Å². The Hall–Kier alpha value is -1.49. The molecule has 1 atom stereocenters. The molecule has 4 nitrogen and oxygen atoms in total. The molecular formula is C14H19FN2O2. The number of rotatable bonds is 4. The third-order valence-electron chi connectivity index (χ3n) is 3.88. The lowest BCUT2D eigenvalue weighted by atomic mass is 9.86. The molecule has 0 radical (unpaired) electrons. The summed E-state index contributed by atoms with van der Waals surface area (Å²) in [6.45, 7) is 3.56. The Morgan fingerprint density at radius 1 is 1.42 bits per heavy atom. The molecule has 0 bridgehead atoms. The monoisotopic (exact) mass is 266 g/mol. The molecule has 1 aromatic heterocycles. The number of halogens is 1. The second-order valence-electron chi connectivity index (χ2n) is 5.28. The van der Waals surface area contributed by atoms with Crippen LogP contribution in [0.2, 0.25) is 0 Å². The molecule has 1 aliphatic heterocycles. The first-order valence-electron chi connectivity index (χ1n) is 6.60. The van der Waals surface area contributed by atoms with Crippen LogP contribution in [0.4, 0.5) is 4.39 Å². The van der Waals surface area contributed by atoms with Crippen molar-refractivity contribution in [1.82, 2.24) is 9.88 Å². The maximum absolute atomic E-state index is 13.4. The van der Waals surface area contributed by atoms with Gasteiger partial charge in [0.25, 0.3) is 0 Å². The van der Waals surface area contributed by atoms with E-state index in [0.29, 0.717) is 5.56 Å². The highest BCUT2D eigenvalue weighted by Crippen LogP contribution is 2.34. The zero-order valence-electron chi connectivity index (χ0n) is 11.1. The maximum atomic E-state index is 13.4. The third-order valence-corrected chi connectivity index (χ3v) is 3.88. The smallest absolute Gasteiger partial charge is 0.305 e. The first kappa shape index (κ1) is 13.9. The summed E-state index contributed by atoms with van der Waals surface area (Å²) in [6.07, 6.45) is 5.94. The van der Waals surface area contributed by atoms with Crippen LogP contribution < -0.4 is 0 Å². The SMILES string of the molecule is CC(CC(=O)O)(c1cncc(F)c1)N1CCCCC1. The average molecular weight is 266 g/mol. The predicted molar refractivity (Wildman–Crippen MR) is 69.2 cm³/mol. The summed E-state index contributed by atoms with van der Waals surface area (Å²) in [4.78, 5) is 17.2. The van der Waals surface area contributed by atoms with E-state index in [-0.39, 0.29) is 6.42 Å². The van der Waals surface area contributed by atoms with Gasteiger partial charge >= 0.3 is 5.97 Å². The normalized spacial score (nSPS) is 19.9. The molecule has 0 aromatic carbocycles. The minimum Gasteiger partial charge on any atom is -0.481 e. The molecule has 1 aromatic rings. The molecule has 1 fully saturated rings. The Morgan fingerprint density at radius 2 is 2.11 bits per heavy atom. The Balaban J connectivity index is 2.35. The van der Waals surface area contributed by atoms with E-state index in [1.807, 2.05) is 6.92 Å². The van der Waals surface area contributed by atoms with E-state index in [0.717, 1.165) is 32.1 Å². The van der Waals surface area contributed by atoms with Crippen LogP contribution in [0.3, 0.4) is 0 Å². The lowest BCUT2D eigenvalue weighted by Crippen LogP contribution is -2.48. The average Bonchev–Trinajstić information content (AvgIpc) is 2.39.